The molecule has 13 rings (SSSR count). The topological polar surface area (TPSA) is 11.4 Å². The molecule has 0 radical (unpaired) electrons. The van der Waals surface area contributed by atoms with Gasteiger partial charge in [0.05, 0.1) is 11.0 Å². The van der Waals surface area contributed by atoms with Crippen molar-refractivity contribution in [1.82, 2.24) is 4.57 Å². The summed E-state index contributed by atoms with van der Waals surface area (Å²) in [5.41, 5.74) is 14.6. The predicted molar refractivity (Wildman–Crippen MR) is 278 cm³/mol. The third-order valence-electron chi connectivity index (χ3n) is 13.9. The number of aromatic nitrogens is 1. The lowest BCUT2D eigenvalue weighted by Gasteiger charge is -2.44. The molecular weight excluding hydrogens is 802 g/mol. The summed E-state index contributed by atoms with van der Waals surface area (Å²) in [5.74, 6) is 0. The summed E-state index contributed by atoms with van der Waals surface area (Å²) < 4.78 is 2.56. The van der Waals surface area contributed by atoms with E-state index < -0.39 is 8.07 Å². The van der Waals surface area contributed by atoms with Gasteiger partial charge in [0.1, 0.15) is 0 Å². The minimum Gasteiger partial charge on any atom is -0.311 e. The Kier molecular flexibility index (Phi) is 8.65. The highest BCUT2D eigenvalue weighted by molar-refractivity contribution is 7.20. The van der Waals surface area contributed by atoms with Crippen molar-refractivity contribution in [1.29, 1.82) is 0 Å². The van der Waals surface area contributed by atoms with Gasteiger partial charge in [0.15, 0.2) is 8.07 Å². The van der Waals surface area contributed by atoms with Gasteiger partial charge >= 0.3 is 0 Å². The number of hydrogen-bond acceptors (Lipinski definition) is 2. The lowest BCUT2D eigenvalue weighted by Crippen LogP contribution is -2.75. The van der Waals surface area contributed by atoms with Gasteiger partial charge in [-0.1, -0.05) is 194 Å². The first kappa shape index (κ1) is 37.4. The van der Waals surface area contributed by atoms with Crippen LogP contribution in [0.4, 0.5) is 34.1 Å². The van der Waals surface area contributed by atoms with Crippen molar-refractivity contribution in [2.75, 3.05) is 9.80 Å². The molecule has 0 aliphatic carbocycles. The second kappa shape index (κ2) is 15.0. The van der Waals surface area contributed by atoms with E-state index in [0.29, 0.717) is 0 Å². The summed E-state index contributed by atoms with van der Waals surface area (Å²) in [6.45, 7) is 0.0833. The third kappa shape index (κ3) is 5.56. The van der Waals surface area contributed by atoms with Crippen LogP contribution in [0.5, 0.6) is 0 Å². The fourth-order valence-corrected chi connectivity index (χ4v) is 16.3. The summed E-state index contributed by atoms with van der Waals surface area (Å²) in [7, 11) is -2.94. The van der Waals surface area contributed by atoms with E-state index in [-0.39, 0.29) is 6.71 Å². The van der Waals surface area contributed by atoms with Crippen LogP contribution in [0.1, 0.15) is 0 Å². The van der Waals surface area contributed by atoms with Crippen molar-refractivity contribution < 1.29 is 0 Å². The Labute approximate surface area is 380 Å². The lowest BCUT2D eigenvalue weighted by molar-refractivity contribution is 1.17. The molecule has 3 nitrogen and oxygen atoms in total. The minimum absolute atomic E-state index is 0.0833. The molecule has 2 aliphatic rings. The van der Waals surface area contributed by atoms with Crippen LogP contribution in [0, 0.1) is 0 Å². The van der Waals surface area contributed by atoms with Gasteiger partial charge in [0.2, 0.25) is 0 Å². The number of fused-ring (bicyclic) bond motifs is 7. The van der Waals surface area contributed by atoms with Crippen LogP contribution in [0.2, 0.25) is 0 Å². The van der Waals surface area contributed by atoms with Crippen LogP contribution in [-0.4, -0.2) is 19.4 Å². The molecule has 304 valence electrons. The van der Waals surface area contributed by atoms with E-state index in [2.05, 4.69) is 269 Å². The summed E-state index contributed by atoms with van der Waals surface area (Å²) >= 11 is 0. The zero-order valence-corrected chi connectivity index (χ0v) is 36.7. The van der Waals surface area contributed by atoms with Crippen LogP contribution < -0.4 is 46.9 Å². The van der Waals surface area contributed by atoms with Crippen molar-refractivity contribution in [2.45, 2.75) is 0 Å². The van der Waals surface area contributed by atoms with Gasteiger partial charge in [-0.15, -0.1) is 0 Å². The summed E-state index contributed by atoms with van der Waals surface area (Å²) in [6.07, 6.45) is 0. The van der Waals surface area contributed by atoms with Gasteiger partial charge in [0.25, 0.3) is 6.71 Å². The van der Waals surface area contributed by atoms with Crippen LogP contribution >= 0.6 is 0 Å². The monoisotopic (exact) mass is 843 g/mol. The Morgan fingerprint density at radius 3 is 1.37 bits per heavy atom. The number of anilines is 6. The van der Waals surface area contributed by atoms with E-state index in [9.17, 15) is 0 Å². The number of hydrogen-bond donors (Lipinski definition) is 0. The van der Waals surface area contributed by atoms with E-state index in [0.717, 1.165) is 17.1 Å². The Hall–Kier alpha value is -8.12. The van der Waals surface area contributed by atoms with Gasteiger partial charge in [-0.05, 0) is 97.8 Å². The van der Waals surface area contributed by atoms with E-state index in [1.165, 1.54) is 81.7 Å². The first-order chi connectivity index (χ1) is 32.3. The van der Waals surface area contributed by atoms with E-state index >= 15 is 0 Å². The SMILES string of the molecule is c1ccc(N2c3ccccc3B3c4ccccc4N(c4cccc(-n5c6ccccc6c6cccc([Si](c7ccccc7)(c7ccccc7)c7ccccc7)c65)c4)c4cccc2c43)cc1. The summed E-state index contributed by atoms with van der Waals surface area (Å²) in [5, 5.41) is 7.93. The Balaban J connectivity index is 1.08. The number of benzene rings is 10. The molecule has 65 heavy (non-hydrogen) atoms. The molecule has 0 unspecified atom stereocenters. The second-order valence-corrected chi connectivity index (χ2v) is 21.0. The Morgan fingerprint density at radius 1 is 0.323 bits per heavy atom. The molecule has 0 atom stereocenters. The van der Waals surface area contributed by atoms with Crippen molar-refractivity contribution in [3.63, 3.8) is 0 Å². The molecule has 0 fully saturated rings. The predicted octanol–water partition coefficient (Wildman–Crippen LogP) is 10.2. The average molecular weight is 844 g/mol. The highest BCUT2D eigenvalue weighted by Crippen LogP contribution is 2.44. The number of para-hydroxylation sites is 5. The zero-order valence-electron chi connectivity index (χ0n) is 35.7. The zero-order chi connectivity index (χ0) is 42.9. The second-order valence-electron chi connectivity index (χ2n) is 17.2. The molecule has 0 N–H and O–H groups in total. The molecule has 0 amide bonds. The summed E-state index contributed by atoms with van der Waals surface area (Å²) in [6, 6.07) is 94.8. The molecule has 11 aromatic rings. The van der Waals surface area contributed by atoms with Crippen molar-refractivity contribution in [3.8, 4) is 5.69 Å². The van der Waals surface area contributed by atoms with Gasteiger partial charge in [-0.3, -0.25) is 0 Å². The molecule has 5 heteroatoms. The molecule has 3 heterocycles. The summed E-state index contributed by atoms with van der Waals surface area (Å²) in [4.78, 5) is 4.96. The van der Waals surface area contributed by atoms with Crippen LogP contribution in [0.25, 0.3) is 27.5 Å². The fourth-order valence-electron chi connectivity index (χ4n) is 11.4. The first-order valence-corrected chi connectivity index (χ1v) is 24.6. The van der Waals surface area contributed by atoms with Crippen molar-refractivity contribution in [3.05, 3.63) is 255 Å². The van der Waals surface area contributed by atoms with E-state index in [4.69, 9.17) is 0 Å². The first-order valence-electron chi connectivity index (χ1n) is 22.6. The molecule has 0 bridgehead atoms. The maximum absolute atomic E-state index is 2.94. The molecule has 1 aromatic heterocycles. The van der Waals surface area contributed by atoms with Crippen LogP contribution in [-0.2, 0) is 0 Å². The molecule has 0 spiro atoms. The maximum Gasteiger partial charge on any atom is 0.252 e. The Morgan fingerprint density at radius 2 is 0.754 bits per heavy atom. The molecule has 10 aromatic carbocycles. The Bertz CT molecular complexity index is 3480. The van der Waals surface area contributed by atoms with Gasteiger partial charge in [0, 0.05) is 50.6 Å². The van der Waals surface area contributed by atoms with Crippen LogP contribution in [0.15, 0.2) is 255 Å². The standard InChI is InChI=1S/C60H42BN3Si/c1-5-22-43(23-6-1)62-54-37-17-14-34-51(54)61-52-35-15-18-38-55(52)63(57-40-21-39-56(62)59(57)61)44-24-19-25-45(42-44)64-53-36-16-13-32-49(53)50-33-20-41-58(60(50)64)65(46-26-7-2-8-27-46,47-28-9-3-10-29-47)48-30-11-4-12-31-48/h1-42H. The van der Waals surface area contributed by atoms with Gasteiger partial charge < -0.3 is 14.4 Å². The lowest BCUT2D eigenvalue weighted by atomic mass is 9.33. The van der Waals surface area contributed by atoms with Gasteiger partial charge in [-0.2, -0.15) is 0 Å². The molecule has 0 saturated carbocycles. The van der Waals surface area contributed by atoms with E-state index in [1.807, 2.05) is 0 Å². The normalized spacial score (nSPS) is 12.8. The quantitative estimate of drug-likeness (QED) is 0.117. The highest BCUT2D eigenvalue weighted by Gasteiger charge is 2.45. The fraction of sp³-hybridized carbons (Fsp3) is 0. The maximum atomic E-state index is 2.56. The van der Waals surface area contributed by atoms with Crippen molar-refractivity contribution in [2.24, 2.45) is 0 Å². The molecular formula is C60H42BN3Si. The van der Waals surface area contributed by atoms with Crippen LogP contribution in [0.3, 0.4) is 0 Å². The van der Waals surface area contributed by atoms with Gasteiger partial charge in [-0.25, -0.2) is 0 Å². The number of rotatable bonds is 7. The largest absolute Gasteiger partial charge is 0.311 e. The van der Waals surface area contributed by atoms with E-state index in [1.54, 1.807) is 0 Å². The average Bonchev–Trinajstić information content (AvgIpc) is 3.73. The minimum atomic E-state index is -2.94. The molecule has 0 saturated heterocycles. The highest BCUT2D eigenvalue weighted by atomic mass is 28.3. The number of nitrogens with zero attached hydrogens (tertiary/aromatic N) is 3. The molecule has 2 aliphatic heterocycles. The smallest absolute Gasteiger partial charge is 0.252 e. The third-order valence-corrected chi connectivity index (χ3v) is 18.7. The van der Waals surface area contributed by atoms with Crippen molar-refractivity contribution >= 4 is 108 Å².